The fourth-order valence-electron chi connectivity index (χ4n) is 2.16. The predicted octanol–water partition coefficient (Wildman–Crippen LogP) is 3.71. The zero-order valence-corrected chi connectivity index (χ0v) is 11.4. The SMILES string of the molecule is COc1ccc(F)c(Nc2c(N)cnc3ccccc23)c1. The Hall–Kier alpha value is -2.82. The lowest BCUT2D eigenvalue weighted by atomic mass is 10.1. The van der Waals surface area contributed by atoms with Crippen LogP contribution in [0.1, 0.15) is 0 Å². The highest BCUT2D eigenvalue weighted by Crippen LogP contribution is 2.32. The number of pyridine rings is 1. The molecular formula is C16H14FN3O. The number of rotatable bonds is 3. The molecule has 1 aromatic heterocycles. The van der Waals surface area contributed by atoms with Gasteiger partial charge in [-0.25, -0.2) is 4.39 Å². The van der Waals surface area contributed by atoms with Crippen LogP contribution in [0.15, 0.2) is 48.7 Å². The lowest BCUT2D eigenvalue weighted by molar-refractivity contribution is 0.414. The van der Waals surface area contributed by atoms with Gasteiger partial charge in [0.1, 0.15) is 11.6 Å². The van der Waals surface area contributed by atoms with E-state index in [0.717, 1.165) is 10.9 Å². The summed E-state index contributed by atoms with van der Waals surface area (Å²) < 4.78 is 19.1. The van der Waals surface area contributed by atoms with Gasteiger partial charge >= 0.3 is 0 Å². The van der Waals surface area contributed by atoms with Gasteiger partial charge in [-0.3, -0.25) is 4.98 Å². The van der Waals surface area contributed by atoms with Crippen molar-refractivity contribution in [2.45, 2.75) is 0 Å². The van der Waals surface area contributed by atoms with Gasteiger partial charge in [0.15, 0.2) is 0 Å². The fourth-order valence-corrected chi connectivity index (χ4v) is 2.16. The first-order chi connectivity index (χ1) is 10.2. The summed E-state index contributed by atoms with van der Waals surface area (Å²) in [6.07, 6.45) is 1.56. The van der Waals surface area contributed by atoms with Crippen molar-refractivity contribution in [1.82, 2.24) is 4.98 Å². The number of anilines is 3. The molecule has 4 nitrogen and oxygen atoms in total. The largest absolute Gasteiger partial charge is 0.497 e. The number of nitrogen functional groups attached to an aromatic ring is 1. The Kier molecular flexibility index (Phi) is 3.31. The number of halogens is 1. The average molecular weight is 283 g/mol. The molecule has 0 saturated heterocycles. The highest BCUT2D eigenvalue weighted by molar-refractivity contribution is 5.98. The first kappa shape index (κ1) is 13.2. The Morgan fingerprint density at radius 2 is 2.00 bits per heavy atom. The third kappa shape index (κ3) is 2.45. The number of hydrogen-bond donors (Lipinski definition) is 2. The van der Waals surface area contributed by atoms with E-state index in [2.05, 4.69) is 10.3 Å². The van der Waals surface area contributed by atoms with Crippen molar-refractivity contribution in [2.24, 2.45) is 0 Å². The molecule has 3 rings (SSSR count). The first-order valence-electron chi connectivity index (χ1n) is 6.43. The number of ether oxygens (including phenoxy) is 1. The molecule has 0 unspecified atom stereocenters. The first-order valence-corrected chi connectivity index (χ1v) is 6.43. The topological polar surface area (TPSA) is 60.2 Å². The lowest BCUT2D eigenvalue weighted by Gasteiger charge is -2.13. The number of para-hydroxylation sites is 1. The maximum Gasteiger partial charge on any atom is 0.146 e. The maximum atomic E-state index is 13.9. The van der Waals surface area contributed by atoms with E-state index >= 15 is 0 Å². The van der Waals surface area contributed by atoms with Crippen LogP contribution in [0.3, 0.4) is 0 Å². The molecule has 3 aromatic rings. The second kappa shape index (κ2) is 5.28. The zero-order valence-electron chi connectivity index (χ0n) is 11.4. The molecule has 0 saturated carbocycles. The van der Waals surface area contributed by atoms with E-state index in [4.69, 9.17) is 10.5 Å². The predicted molar refractivity (Wildman–Crippen MR) is 82.4 cm³/mol. The number of fused-ring (bicyclic) bond motifs is 1. The second-order valence-corrected chi connectivity index (χ2v) is 4.58. The molecule has 0 spiro atoms. The molecule has 0 fully saturated rings. The van der Waals surface area contributed by atoms with Gasteiger partial charge in [0.25, 0.3) is 0 Å². The highest BCUT2D eigenvalue weighted by atomic mass is 19.1. The molecule has 1 heterocycles. The molecule has 0 radical (unpaired) electrons. The molecule has 106 valence electrons. The van der Waals surface area contributed by atoms with Crippen LogP contribution in [0.2, 0.25) is 0 Å². The summed E-state index contributed by atoms with van der Waals surface area (Å²) in [5.74, 6) is 0.187. The van der Waals surface area contributed by atoms with Gasteiger partial charge in [0.05, 0.1) is 35.9 Å². The molecule has 0 aliphatic carbocycles. The molecule has 0 atom stereocenters. The van der Waals surface area contributed by atoms with Crippen LogP contribution in [0, 0.1) is 5.82 Å². The number of aromatic nitrogens is 1. The smallest absolute Gasteiger partial charge is 0.146 e. The van der Waals surface area contributed by atoms with Gasteiger partial charge < -0.3 is 15.8 Å². The van der Waals surface area contributed by atoms with Crippen LogP contribution in [0.4, 0.5) is 21.5 Å². The van der Waals surface area contributed by atoms with Crippen molar-refractivity contribution in [2.75, 3.05) is 18.2 Å². The van der Waals surface area contributed by atoms with Crippen LogP contribution in [-0.4, -0.2) is 12.1 Å². The Bertz CT molecular complexity index is 805. The van der Waals surface area contributed by atoms with Crippen LogP contribution in [0.25, 0.3) is 10.9 Å². The van der Waals surface area contributed by atoms with Gasteiger partial charge in [0.2, 0.25) is 0 Å². The van der Waals surface area contributed by atoms with E-state index in [1.807, 2.05) is 24.3 Å². The maximum absolute atomic E-state index is 13.9. The van der Waals surface area contributed by atoms with Gasteiger partial charge in [-0.15, -0.1) is 0 Å². The summed E-state index contributed by atoms with van der Waals surface area (Å²) >= 11 is 0. The van der Waals surface area contributed by atoms with Crippen LogP contribution in [0.5, 0.6) is 5.75 Å². The van der Waals surface area contributed by atoms with Gasteiger partial charge in [-0.1, -0.05) is 18.2 Å². The molecule has 0 aliphatic heterocycles. The summed E-state index contributed by atoms with van der Waals surface area (Å²) in [5.41, 5.74) is 8.16. The third-order valence-corrected chi connectivity index (χ3v) is 3.24. The molecule has 21 heavy (non-hydrogen) atoms. The minimum Gasteiger partial charge on any atom is -0.497 e. The molecule has 0 bridgehead atoms. The van der Waals surface area contributed by atoms with Gasteiger partial charge in [0, 0.05) is 11.5 Å². The quantitative estimate of drug-likeness (QED) is 0.769. The molecule has 0 amide bonds. The van der Waals surface area contributed by atoms with Crippen molar-refractivity contribution in [1.29, 1.82) is 0 Å². The number of nitrogens with two attached hydrogens (primary N) is 1. The Morgan fingerprint density at radius 3 is 2.81 bits per heavy atom. The van der Waals surface area contributed by atoms with Crippen molar-refractivity contribution < 1.29 is 9.13 Å². The van der Waals surface area contributed by atoms with Crippen LogP contribution in [-0.2, 0) is 0 Å². The summed E-state index contributed by atoms with van der Waals surface area (Å²) in [4.78, 5) is 4.26. The summed E-state index contributed by atoms with van der Waals surface area (Å²) in [5, 5.41) is 3.87. The van der Waals surface area contributed by atoms with E-state index in [-0.39, 0.29) is 5.82 Å². The number of benzene rings is 2. The van der Waals surface area contributed by atoms with Gasteiger partial charge in [-0.2, -0.15) is 0 Å². The molecule has 3 N–H and O–H groups in total. The monoisotopic (exact) mass is 283 g/mol. The number of methoxy groups -OCH3 is 1. The van der Waals surface area contributed by atoms with Crippen LogP contribution >= 0.6 is 0 Å². The van der Waals surface area contributed by atoms with E-state index in [0.29, 0.717) is 22.8 Å². The Balaban J connectivity index is 2.12. The molecule has 5 heteroatoms. The van der Waals surface area contributed by atoms with E-state index < -0.39 is 0 Å². The minimum atomic E-state index is -0.379. The summed E-state index contributed by atoms with van der Waals surface area (Å²) in [7, 11) is 1.53. The zero-order chi connectivity index (χ0) is 14.8. The molecular weight excluding hydrogens is 269 g/mol. The van der Waals surface area contributed by atoms with Gasteiger partial charge in [-0.05, 0) is 18.2 Å². The number of hydrogen-bond acceptors (Lipinski definition) is 4. The molecule has 2 aromatic carbocycles. The third-order valence-electron chi connectivity index (χ3n) is 3.24. The highest BCUT2D eigenvalue weighted by Gasteiger charge is 2.10. The van der Waals surface area contributed by atoms with Crippen LogP contribution < -0.4 is 15.8 Å². The number of nitrogens with one attached hydrogen (secondary N) is 1. The van der Waals surface area contributed by atoms with Crippen molar-refractivity contribution in [3.05, 3.63) is 54.5 Å². The average Bonchev–Trinajstić information content (AvgIpc) is 2.52. The lowest BCUT2D eigenvalue weighted by Crippen LogP contribution is -2.00. The van der Waals surface area contributed by atoms with Crippen molar-refractivity contribution in [3.8, 4) is 5.75 Å². The van der Waals surface area contributed by atoms with Crippen molar-refractivity contribution in [3.63, 3.8) is 0 Å². The second-order valence-electron chi connectivity index (χ2n) is 4.58. The van der Waals surface area contributed by atoms with E-state index in [1.165, 1.54) is 13.2 Å². The number of nitrogens with zero attached hydrogens (tertiary/aromatic N) is 1. The summed E-state index contributed by atoms with van der Waals surface area (Å²) in [6, 6.07) is 12.0. The fraction of sp³-hybridized carbons (Fsp3) is 0.0625. The van der Waals surface area contributed by atoms with E-state index in [9.17, 15) is 4.39 Å². The standard InChI is InChI=1S/C16H14FN3O/c1-21-10-6-7-12(17)15(8-10)20-16-11-4-2-3-5-14(11)19-9-13(16)18/h2-9H,18H2,1H3,(H,19,20). The normalized spacial score (nSPS) is 10.6. The summed E-state index contributed by atoms with van der Waals surface area (Å²) in [6.45, 7) is 0. The Morgan fingerprint density at radius 1 is 1.19 bits per heavy atom. The minimum absolute atomic E-state index is 0.303. The Labute approximate surface area is 121 Å². The molecule has 0 aliphatic rings. The van der Waals surface area contributed by atoms with E-state index in [1.54, 1.807) is 18.3 Å². The van der Waals surface area contributed by atoms with Crippen molar-refractivity contribution >= 4 is 28.0 Å².